The predicted octanol–water partition coefficient (Wildman–Crippen LogP) is 2.55. The molecule has 3 aromatic rings. The van der Waals surface area contributed by atoms with E-state index in [1.165, 1.54) is 0 Å². The Hall–Kier alpha value is -4.17. The first-order chi connectivity index (χ1) is 16.5. The van der Waals surface area contributed by atoms with Crippen molar-refractivity contribution in [3.63, 3.8) is 0 Å². The van der Waals surface area contributed by atoms with Crippen LogP contribution in [-0.2, 0) is 11.3 Å². The fourth-order valence-corrected chi connectivity index (χ4v) is 3.45. The van der Waals surface area contributed by atoms with Crippen molar-refractivity contribution in [3.05, 3.63) is 84.9 Å². The van der Waals surface area contributed by atoms with E-state index in [-0.39, 0.29) is 30.9 Å². The molecule has 0 fully saturated rings. The smallest absolute Gasteiger partial charge is 0.251 e. The maximum Gasteiger partial charge on any atom is 0.251 e. The van der Waals surface area contributed by atoms with Gasteiger partial charge < -0.3 is 20.7 Å². The van der Waals surface area contributed by atoms with Gasteiger partial charge >= 0.3 is 0 Å². The molecule has 0 aliphatic carbocycles. The fourth-order valence-electron chi connectivity index (χ4n) is 3.45. The van der Waals surface area contributed by atoms with Crippen LogP contribution in [0.5, 0.6) is 0 Å². The van der Waals surface area contributed by atoms with Gasteiger partial charge in [-0.05, 0) is 41.8 Å². The Bertz CT molecular complexity index is 1150. The summed E-state index contributed by atoms with van der Waals surface area (Å²) >= 11 is 0. The van der Waals surface area contributed by atoms with E-state index in [9.17, 15) is 9.59 Å². The summed E-state index contributed by atoms with van der Waals surface area (Å²) in [5.41, 5.74) is 9.86. The van der Waals surface area contributed by atoms with Gasteiger partial charge in [-0.2, -0.15) is 0 Å². The highest BCUT2D eigenvalue weighted by molar-refractivity contribution is 5.97. The van der Waals surface area contributed by atoms with Gasteiger partial charge in [0.25, 0.3) is 5.91 Å². The van der Waals surface area contributed by atoms with Crippen LogP contribution in [0.1, 0.15) is 16.8 Å². The summed E-state index contributed by atoms with van der Waals surface area (Å²) < 4.78 is 1.90. The first kappa shape index (κ1) is 24.5. The van der Waals surface area contributed by atoms with E-state index in [1.54, 1.807) is 18.2 Å². The van der Waals surface area contributed by atoms with Crippen LogP contribution >= 0.6 is 0 Å². The number of hydrogen-bond acceptors (Lipinski definition) is 4. The number of aliphatic hydroxyl groups is 1. The molecular formula is C26H29N5O3. The highest BCUT2D eigenvalue weighted by Gasteiger charge is 2.16. The number of rotatable bonds is 10. The Morgan fingerprint density at radius 2 is 1.65 bits per heavy atom. The van der Waals surface area contributed by atoms with Gasteiger partial charge in [-0.15, -0.1) is 6.58 Å². The lowest BCUT2D eigenvalue weighted by atomic mass is 10.1. The quantitative estimate of drug-likeness (QED) is 0.161. The second kappa shape index (κ2) is 12.2. The third-order valence-corrected chi connectivity index (χ3v) is 5.07. The van der Waals surface area contributed by atoms with E-state index in [0.29, 0.717) is 25.1 Å². The molecule has 34 heavy (non-hydrogen) atoms. The molecule has 0 spiro atoms. The maximum absolute atomic E-state index is 12.8. The summed E-state index contributed by atoms with van der Waals surface area (Å²) in [6.45, 7) is 4.35. The van der Waals surface area contributed by atoms with Gasteiger partial charge in [-0.25, -0.2) is 0 Å². The Morgan fingerprint density at radius 1 is 1.00 bits per heavy atom. The number of carbonyl (C=O) groups is 2. The topological polar surface area (TPSA) is 122 Å². The lowest BCUT2D eigenvalue weighted by Gasteiger charge is -2.14. The van der Waals surface area contributed by atoms with E-state index in [1.807, 2.05) is 59.2 Å². The molecule has 0 aliphatic heterocycles. The molecule has 2 aromatic carbocycles. The number of carbonyl (C=O) groups excluding carboxylic acids is 2. The van der Waals surface area contributed by atoms with Gasteiger partial charge in [0.1, 0.15) is 6.54 Å². The average molecular weight is 460 g/mol. The highest BCUT2D eigenvalue weighted by atomic mass is 16.3. The molecule has 0 atom stereocenters. The van der Waals surface area contributed by atoms with Crippen molar-refractivity contribution in [3.8, 4) is 22.5 Å². The van der Waals surface area contributed by atoms with E-state index in [0.717, 1.165) is 22.5 Å². The molecule has 2 amide bonds. The molecule has 1 heterocycles. The Morgan fingerprint density at radius 3 is 2.26 bits per heavy atom. The van der Waals surface area contributed by atoms with Gasteiger partial charge in [-0.1, -0.05) is 48.5 Å². The number of aromatic nitrogens is 1. The molecule has 0 saturated carbocycles. The summed E-state index contributed by atoms with van der Waals surface area (Å²) in [4.78, 5) is 29.0. The van der Waals surface area contributed by atoms with Gasteiger partial charge in [0.2, 0.25) is 5.91 Å². The number of hydrogen-bond donors (Lipinski definition) is 4. The highest BCUT2D eigenvalue weighted by Crippen LogP contribution is 2.29. The van der Waals surface area contributed by atoms with Crippen LogP contribution in [-0.4, -0.2) is 47.1 Å². The molecule has 0 unspecified atom stereocenters. The van der Waals surface area contributed by atoms with Crippen molar-refractivity contribution in [2.75, 3.05) is 19.7 Å². The Balaban J connectivity index is 1.89. The SMILES string of the molecule is C=CCNC(=O)c1ccc(-c2ccc(-c3ccccc3)n2CC(=O)NC(N)=NCCCO)cc1. The first-order valence-electron chi connectivity index (χ1n) is 11.0. The molecule has 0 radical (unpaired) electrons. The molecule has 0 saturated heterocycles. The summed E-state index contributed by atoms with van der Waals surface area (Å²) in [5, 5.41) is 14.2. The minimum Gasteiger partial charge on any atom is -0.396 e. The van der Waals surface area contributed by atoms with Crippen LogP contribution in [0.3, 0.4) is 0 Å². The minimum absolute atomic E-state index is 0.00654. The van der Waals surface area contributed by atoms with Crippen LogP contribution in [0.25, 0.3) is 22.5 Å². The van der Waals surface area contributed by atoms with Crippen LogP contribution in [0, 0.1) is 0 Å². The molecule has 0 bridgehead atoms. The second-order valence-corrected chi connectivity index (χ2v) is 7.52. The second-order valence-electron chi connectivity index (χ2n) is 7.52. The number of benzene rings is 2. The molecule has 1 aromatic heterocycles. The van der Waals surface area contributed by atoms with Gasteiger partial charge in [-0.3, -0.25) is 19.9 Å². The Kier molecular flexibility index (Phi) is 8.76. The molecule has 0 aliphatic rings. The minimum atomic E-state index is -0.319. The molecule has 8 nitrogen and oxygen atoms in total. The Labute approximate surface area is 198 Å². The average Bonchev–Trinajstić information content (AvgIpc) is 3.26. The van der Waals surface area contributed by atoms with E-state index < -0.39 is 0 Å². The number of nitrogens with two attached hydrogens (primary N) is 1. The fraction of sp³-hybridized carbons (Fsp3) is 0.192. The van der Waals surface area contributed by atoms with Crippen molar-refractivity contribution < 1.29 is 14.7 Å². The molecule has 5 N–H and O–H groups in total. The van der Waals surface area contributed by atoms with Crippen molar-refractivity contribution in [1.29, 1.82) is 0 Å². The van der Waals surface area contributed by atoms with E-state index >= 15 is 0 Å². The lowest BCUT2D eigenvalue weighted by molar-refractivity contribution is -0.120. The number of aliphatic hydroxyl groups excluding tert-OH is 1. The van der Waals surface area contributed by atoms with Crippen LogP contribution in [0.4, 0.5) is 0 Å². The zero-order chi connectivity index (χ0) is 24.3. The lowest BCUT2D eigenvalue weighted by Crippen LogP contribution is -2.39. The number of amides is 2. The molecule has 176 valence electrons. The number of guanidine groups is 1. The van der Waals surface area contributed by atoms with Crippen molar-refractivity contribution >= 4 is 17.8 Å². The number of aliphatic imine (C=N–C) groups is 1. The zero-order valence-electron chi connectivity index (χ0n) is 18.9. The van der Waals surface area contributed by atoms with Crippen LogP contribution in [0.15, 0.2) is 84.4 Å². The molecule has 3 rings (SSSR count). The largest absolute Gasteiger partial charge is 0.396 e. The summed E-state index contributed by atoms with van der Waals surface area (Å²) in [6, 6.07) is 20.9. The zero-order valence-corrected chi connectivity index (χ0v) is 18.9. The van der Waals surface area contributed by atoms with Crippen molar-refractivity contribution in [2.24, 2.45) is 10.7 Å². The summed E-state index contributed by atoms with van der Waals surface area (Å²) in [6.07, 6.45) is 2.09. The summed E-state index contributed by atoms with van der Waals surface area (Å²) in [7, 11) is 0. The van der Waals surface area contributed by atoms with Crippen LogP contribution in [0.2, 0.25) is 0 Å². The normalized spacial score (nSPS) is 11.1. The van der Waals surface area contributed by atoms with Gasteiger partial charge in [0.15, 0.2) is 5.96 Å². The van der Waals surface area contributed by atoms with Crippen LogP contribution < -0.4 is 16.4 Å². The predicted molar refractivity (Wildman–Crippen MR) is 134 cm³/mol. The van der Waals surface area contributed by atoms with Gasteiger partial charge in [0.05, 0.1) is 0 Å². The summed E-state index contributed by atoms with van der Waals surface area (Å²) in [5.74, 6) is -0.481. The standard InChI is InChI=1S/C26H29N5O3/c1-2-15-28-25(34)21-11-9-20(10-12-21)23-14-13-22(19-7-4-3-5-8-19)31(23)18-24(33)30-26(27)29-16-6-17-32/h2-5,7-14,32H,1,6,15-18H2,(H,28,34)(H3,27,29,30,33). The first-order valence-corrected chi connectivity index (χ1v) is 11.0. The van der Waals surface area contributed by atoms with Gasteiger partial charge in [0, 0.05) is 36.6 Å². The molecule has 8 heteroatoms. The third-order valence-electron chi connectivity index (χ3n) is 5.07. The van der Waals surface area contributed by atoms with Crippen molar-refractivity contribution in [2.45, 2.75) is 13.0 Å². The third kappa shape index (κ3) is 6.43. The molecular weight excluding hydrogens is 430 g/mol. The van der Waals surface area contributed by atoms with E-state index in [2.05, 4.69) is 22.2 Å². The maximum atomic E-state index is 12.8. The van der Waals surface area contributed by atoms with E-state index in [4.69, 9.17) is 10.8 Å². The monoisotopic (exact) mass is 459 g/mol. The number of nitrogens with one attached hydrogen (secondary N) is 2. The number of nitrogens with zero attached hydrogens (tertiary/aromatic N) is 2. The van der Waals surface area contributed by atoms with Crippen molar-refractivity contribution in [1.82, 2.24) is 15.2 Å².